The molecule has 0 aliphatic rings. The number of methoxy groups -OCH3 is 1. The summed E-state index contributed by atoms with van der Waals surface area (Å²) in [4.78, 5) is 16.6. The first-order valence-corrected chi connectivity index (χ1v) is 5.82. The molecule has 0 aliphatic heterocycles. The number of anilines is 1. The molecule has 0 saturated heterocycles. The zero-order valence-corrected chi connectivity index (χ0v) is 10.9. The van der Waals surface area contributed by atoms with Crippen molar-refractivity contribution in [3.05, 3.63) is 11.1 Å². The van der Waals surface area contributed by atoms with Crippen LogP contribution in [-0.2, 0) is 9.53 Å². The van der Waals surface area contributed by atoms with Crippen LogP contribution >= 0.6 is 11.3 Å². The van der Waals surface area contributed by atoms with Crippen molar-refractivity contribution < 1.29 is 9.53 Å². The van der Waals surface area contributed by atoms with E-state index in [4.69, 9.17) is 10.5 Å². The molecule has 1 heterocycles. The Labute approximate surface area is 104 Å². The maximum Gasteiger partial charge on any atom is 0.257 e. The minimum atomic E-state index is -0.880. The Bertz CT molecular complexity index is 457. The van der Waals surface area contributed by atoms with Crippen LogP contribution in [0.5, 0.6) is 0 Å². The standard InChI is InChI=1S/C11H15N3O2S/c1-11(2,16-3)9(15)14-10-13-7-8(17-10)5-4-6-12/h7H,6,12H2,1-3H3,(H,13,14,15). The van der Waals surface area contributed by atoms with Crippen molar-refractivity contribution in [1.29, 1.82) is 0 Å². The van der Waals surface area contributed by atoms with E-state index in [9.17, 15) is 4.79 Å². The van der Waals surface area contributed by atoms with Crippen LogP contribution in [0.1, 0.15) is 18.7 Å². The van der Waals surface area contributed by atoms with Crippen molar-refractivity contribution in [2.75, 3.05) is 19.0 Å². The second-order valence-electron chi connectivity index (χ2n) is 3.70. The molecule has 0 aliphatic carbocycles. The van der Waals surface area contributed by atoms with Gasteiger partial charge in [-0.15, -0.1) is 0 Å². The van der Waals surface area contributed by atoms with Gasteiger partial charge in [-0.1, -0.05) is 23.2 Å². The molecule has 0 spiro atoms. The predicted molar refractivity (Wildman–Crippen MR) is 67.8 cm³/mol. The number of hydrogen-bond donors (Lipinski definition) is 2. The molecule has 0 aromatic carbocycles. The normalized spacial score (nSPS) is 10.6. The third-order valence-corrected chi connectivity index (χ3v) is 2.93. The quantitative estimate of drug-likeness (QED) is 0.782. The third kappa shape index (κ3) is 3.82. The Kier molecular flexibility index (Phi) is 4.63. The van der Waals surface area contributed by atoms with Crippen molar-refractivity contribution >= 4 is 22.4 Å². The zero-order chi connectivity index (χ0) is 12.9. The predicted octanol–water partition coefficient (Wildman–Crippen LogP) is 0.817. The lowest BCUT2D eigenvalue weighted by Gasteiger charge is -2.20. The summed E-state index contributed by atoms with van der Waals surface area (Å²) < 4.78 is 5.06. The highest BCUT2D eigenvalue weighted by Gasteiger charge is 2.27. The van der Waals surface area contributed by atoms with Gasteiger partial charge in [0, 0.05) is 7.11 Å². The summed E-state index contributed by atoms with van der Waals surface area (Å²) in [5.41, 5.74) is 4.38. The summed E-state index contributed by atoms with van der Waals surface area (Å²) in [6, 6.07) is 0. The van der Waals surface area contributed by atoms with Crippen LogP contribution in [0.25, 0.3) is 0 Å². The monoisotopic (exact) mass is 253 g/mol. The number of nitrogens with two attached hydrogens (primary N) is 1. The highest BCUT2D eigenvalue weighted by molar-refractivity contribution is 7.16. The van der Waals surface area contributed by atoms with E-state index in [1.54, 1.807) is 20.0 Å². The molecule has 0 saturated carbocycles. The number of carbonyl (C=O) groups is 1. The number of nitrogens with zero attached hydrogens (tertiary/aromatic N) is 1. The number of aromatic nitrogens is 1. The van der Waals surface area contributed by atoms with Crippen LogP contribution in [0.4, 0.5) is 5.13 Å². The van der Waals surface area contributed by atoms with Gasteiger partial charge in [-0.05, 0) is 13.8 Å². The fourth-order valence-corrected chi connectivity index (χ4v) is 1.55. The molecule has 6 heteroatoms. The Morgan fingerprint density at radius 2 is 2.41 bits per heavy atom. The van der Waals surface area contributed by atoms with Crippen molar-refractivity contribution in [1.82, 2.24) is 4.98 Å². The van der Waals surface area contributed by atoms with Crippen LogP contribution in [0.2, 0.25) is 0 Å². The molecule has 17 heavy (non-hydrogen) atoms. The highest BCUT2D eigenvalue weighted by atomic mass is 32.1. The van der Waals surface area contributed by atoms with E-state index in [0.717, 1.165) is 4.88 Å². The van der Waals surface area contributed by atoms with Crippen LogP contribution in [0, 0.1) is 11.8 Å². The minimum Gasteiger partial charge on any atom is -0.369 e. The summed E-state index contributed by atoms with van der Waals surface area (Å²) in [5, 5.41) is 3.18. The molecule has 0 fully saturated rings. The van der Waals surface area contributed by atoms with E-state index in [1.165, 1.54) is 18.4 Å². The van der Waals surface area contributed by atoms with E-state index in [1.807, 2.05) is 0 Å². The molecule has 92 valence electrons. The molecule has 0 bridgehead atoms. The van der Waals surface area contributed by atoms with Crippen molar-refractivity contribution in [2.45, 2.75) is 19.4 Å². The summed E-state index contributed by atoms with van der Waals surface area (Å²) in [6.07, 6.45) is 1.60. The summed E-state index contributed by atoms with van der Waals surface area (Å²) in [6.45, 7) is 3.67. The molecule has 0 radical (unpaired) electrons. The molecule has 1 amide bonds. The van der Waals surface area contributed by atoms with Gasteiger partial charge >= 0.3 is 0 Å². The molecule has 0 unspecified atom stereocenters. The van der Waals surface area contributed by atoms with Gasteiger partial charge in [-0.3, -0.25) is 10.1 Å². The molecular formula is C11H15N3O2S. The van der Waals surface area contributed by atoms with Gasteiger partial charge in [0.2, 0.25) is 0 Å². The van der Waals surface area contributed by atoms with E-state index < -0.39 is 5.60 Å². The van der Waals surface area contributed by atoms with Gasteiger partial charge in [0.15, 0.2) is 5.13 Å². The Morgan fingerprint density at radius 1 is 1.71 bits per heavy atom. The van der Waals surface area contributed by atoms with Crippen LogP contribution in [0.3, 0.4) is 0 Å². The second-order valence-corrected chi connectivity index (χ2v) is 4.73. The summed E-state index contributed by atoms with van der Waals surface area (Å²) in [5.74, 6) is 5.33. The molecule has 0 atom stereocenters. The van der Waals surface area contributed by atoms with Gasteiger partial charge in [-0.2, -0.15) is 0 Å². The zero-order valence-electron chi connectivity index (χ0n) is 10.0. The summed E-state index contributed by atoms with van der Waals surface area (Å²) >= 11 is 1.30. The van der Waals surface area contributed by atoms with Crippen molar-refractivity contribution in [2.24, 2.45) is 5.73 Å². The molecule has 1 rings (SSSR count). The number of hydrogen-bond acceptors (Lipinski definition) is 5. The molecule has 5 nitrogen and oxygen atoms in total. The van der Waals surface area contributed by atoms with Gasteiger partial charge in [-0.25, -0.2) is 4.98 Å². The minimum absolute atomic E-state index is 0.243. The third-order valence-electron chi connectivity index (χ3n) is 2.10. The average Bonchev–Trinajstić information content (AvgIpc) is 2.74. The Hall–Kier alpha value is -1.42. The van der Waals surface area contributed by atoms with Gasteiger partial charge in [0.25, 0.3) is 5.91 Å². The lowest BCUT2D eigenvalue weighted by molar-refractivity contribution is -0.133. The Balaban J connectivity index is 2.70. The van der Waals surface area contributed by atoms with Gasteiger partial charge in [0.1, 0.15) is 5.60 Å². The fraction of sp³-hybridized carbons (Fsp3) is 0.455. The first kappa shape index (κ1) is 13.6. The SMILES string of the molecule is COC(C)(C)C(=O)Nc1ncc(C#CCN)s1. The number of rotatable bonds is 3. The molecule has 1 aromatic rings. The number of thiazole rings is 1. The number of nitrogens with one attached hydrogen (secondary N) is 1. The van der Waals surface area contributed by atoms with Crippen LogP contribution in [0.15, 0.2) is 6.20 Å². The Morgan fingerprint density at radius 3 is 3.00 bits per heavy atom. The van der Waals surface area contributed by atoms with Gasteiger partial charge in [0.05, 0.1) is 17.6 Å². The summed E-state index contributed by atoms with van der Waals surface area (Å²) in [7, 11) is 1.49. The first-order chi connectivity index (χ1) is 7.99. The second kappa shape index (κ2) is 5.77. The number of amides is 1. The van der Waals surface area contributed by atoms with Crippen molar-refractivity contribution in [3.8, 4) is 11.8 Å². The maximum atomic E-state index is 11.8. The average molecular weight is 253 g/mol. The lowest BCUT2D eigenvalue weighted by atomic mass is 10.1. The van der Waals surface area contributed by atoms with Crippen LogP contribution in [-0.4, -0.2) is 30.1 Å². The fourth-order valence-electron chi connectivity index (χ4n) is 0.868. The van der Waals surface area contributed by atoms with Crippen molar-refractivity contribution in [3.63, 3.8) is 0 Å². The molecule has 1 aromatic heterocycles. The maximum absolute atomic E-state index is 11.8. The first-order valence-electron chi connectivity index (χ1n) is 5.01. The topological polar surface area (TPSA) is 77.2 Å². The van der Waals surface area contributed by atoms with E-state index in [0.29, 0.717) is 11.7 Å². The number of ether oxygens (including phenoxy) is 1. The van der Waals surface area contributed by atoms with E-state index >= 15 is 0 Å². The lowest BCUT2D eigenvalue weighted by Crippen LogP contribution is -2.38. The highest BCUT2D eigenvalue weighted by Crippen LogP contribution is 2.19. The van der Waals surface area contributed by atoms with Gasteiger partial charge < -0.3 is 10.5 Å². The van der Waals surface area contributed by atoms with E-state index in [-0.39, 0.29) is 5.91 Å². The van der Waals surface area contributed by atoms with Crippen LogP contribution < -0.4 is 11.1 Å². The molecular weight excluding hydrogens is 238 g/mol. The largest absolute Gasteiger partial charge is 0.369 e. The number of carbonyl (C=O) groups excluding carboxylic acids is 1. The van der Waals surface area contributed by atoms with E-state index in [2.05, 4.69) is 22.1 Å². The smallest absolute Gasteiger partial charge is 0.257 e. The molecule has 3 N–H and O–H groups in total.